The fourth-order valence-corrected chi connectivity index (χ4v) is 3.22. The van der Waals surface area contributed by atoms with Crippen LogP contribution in [-0.2, 0) is 0 Å². The molecule has 0 aromatic carbocycles. The summed E-state index contributed by atoms with van der Waals surface area (Å²) in [7, 11) is 0. The zero-order valence-electron chi connectivity index (χ0n) is 14.7. The molecule has 1 heterocycles. The Bertz CT molecular complexity index is 242. The van der Waals surface area contributed by atoms with Crippen LogP contribution in [0.3, 0.4) is 0 Å². The molecular formula is C18H38N2. The van der Waals surface area contributed by atoms with Crippen LogP contribution in [0.25, 0.3) is 0 Å². The number of likely N-dealkylation sites (tertiary alicyclic amines) is 1. The van der Waals surface area contributed by atoms with Gasteiger partial charge in [0.15, 0.2) is 0 Å². The van der Waals surface area contributed by atoms with Gasteiger partial charge in [-0.15, -0.1) is 0 Å². The molecule has 120 valence electrons. The first-order chi connectivity index (χ1) is 9.39. The van der Waals surface area contributed by atoms with Crippen molar-refractivity contribution < 1.29 is 0 Å². The first-order valence-corrected chi connectivity index (χ1v) is 8.82. The Morgan fingerprint density at radius 2 is 1.85 bits per heavy atom. The Kier molecular flexibility index (Phi) is 8.13. The fourth-order valence-electron chi connectivity index (χ4n) is 3.22. The van der Waals surface area contributed by atoms with Gasteiger partial charge in [-0.25, -0.2) is 0 Å². The normalized spacial score (nSPS) is 22.2. The molecule has 1 aliphatic heterocycles. The molecule has 1 saturated heterocycles. The van der Waals surface area contributed by atoms with Gasteiger partial charge in [0.1, 0.15) is 0 Å². The van der Waals surface area contributed by atoms with Crippen LogP contribution in [0.4, 0.5) is 0 Å². The van der Waals surface area contributed by atoms with E-state index in [1.807, 2.05) is 0 Å². The third kappa shape index (κ3) is 7.64. The van der Waals surface area contributed by atoms with E-state index < -0.39 is 0 Å². The van der Waals surface area contributed by atoms with Crippen LogP contribution in [0.2, 0.25) is 0 Å². The van der Waals surface area contributed by atoms with Crippen molar-refractivity contribution >= 4 is 0 Å². The van der Waals surface area contributed by atoms with Crippen LogP contribution in [0.1, 0.15) is 66.7 Å². The van der Waals surface area contributed by atoms with Gasteiger partial charge in [0.2, 0.25) is 0 Å². The summed E-state index contributed by atoms with van der Waals surface area (Å²) < 4.78 is 0. The lowest BCUT2D eigenvalue weighted by atomic mass is 9.77. The van der Waals surface area contributed by atoms with E-state index in [1.54, 1.807) is 0 Å². The minimum absolute atomic E-state index is 0.497. The minimum Gasteiger partial charge on any atom is -0.316 e. The second-order valence-corrected chi connectivity index (χ2v) is 8.14. The first kappa shape index (κ1) is 18.0. The van der Waals surface area contributed by atoms with Crippen LogP contribution in [0.15, 0.2) is 0 Å². The second kappa shape index (κ2) is 9.04. The molecule has 0 bridgehead atoms. The van der Waals surface area contributed by atoms with E-state index in [2.05, 4.69) is 44.8 Å². The van der Waals surface area contributed by atoms with Crippen molar-refractivity contribution in [3.63, 3.8) is 0 Å². The van der Waals surface area contributed by atoms with E-state index in [0.717, 1.165) is 18.4 Å². The predicted octanol–water partition coefficient (Wildman–Crippen LogP) is 4.16. The van der Waals surface area contributed by atoms with Crippen molar-refractivity contribution in [3.05, 3.63) is 0 Å². The van der Waals surface area contributed by atoms with E-state index >= 15 is 0 Å². The lowest BCUT2D eigenvalue weighted by molar-refractivity contribution is 0.207. The number of rotatable bonds is 7. The lowest BCUT2D eigenvalue weighted by Gasteiger charge is -2.29. The van der Waals surface area contributed by atoms with E-state index in [-0.39, 0.29) is 0 Å². The van der Waals surface area contributed by atoms with Gasteiger partial charge >= 0.3 is 0 Å². The SMILES string of the molecule is CC(C)CNCCCCN1CCCC(C(C)(C)C)CC1. The zero-order valence-corrected chi connectivity index (χ0v) is 14.7. The zero-order chi connectivity index (χ0) is 15.0. The molecule has 1 aliphatic rings. The van der Waals surface area contributed by atoms with Crippen molar-refractivity contribution in [2.24, 2.45) is 17.3 Å². The highest BCUT2D eigenvalue weighted by atomic mass is 15.1. The smallest absolute Gasteiger partial charge is 0.00159 e. The largest absolute Gasteiger partial charge is 0.316 e. The minimum atomic E-state index is 0.497. The molecule has 0 aromatic heterocycles. The Morgan fingerprint density at radius 3 is 2.50 bits per heavy atom. The van der Waals surface area contributed by atoms with Crippen molar-refractivity contribution in [1.82, 2.24) is 10.2 Å². The van der Waals surface area contributed by atoms with Crippen LogP contribution in [0, 0.1) is 17.3 Å². The molecular weight excluding hydrogens is 244 g/mol. The monoisotopic (exact) mass is 282 g/mol. The summed E-state index contributed by atoms with van der Waals surface area (Å²) in [5.41, 5.74) is 0.497. The Morgan fingerprint density at radius 1 is 1.10 bits per heavy atom. The van der Waals surface area contributed by atoms with Gasteiger partial charge in [-0.3, -0.25) is 0 Å². The van der Waals surface area contributed by atoms with Crippen molar-refractivity contribution in [2.45, 2.75) is 66.7 Å². The number of unbranched alkanes of at least 4 members (excludes halogenated alkanes) is 1. The summed E-state index contributed by atoms with van der Waals surface area (Å²) in [6.45, 7) is 18.1. The number of hydrogen-bond acceptors (Lipinski definition) is 2. The summed E-state index contributed by atoms with van der Waals surface area (Å²) in [4.78, 5) is 2.70. The molecule has 0 spiro atoms. The molecule has 0 aliphatic carbocycles. The molecule has 2 nitrogen and oxygen atoms in total. The summed E-state index contributed by atoms with van der Waals surface area (Å²) in [6, 6.07) is 0. The summed E-state index contributed by atoms with van der Waals surface area (Å²) in [5, 5.41) is 3.54. The molecule has 1 rings (SSSR count). The average molecular weight is 283 g/mol. The molecule has 1 atom stereocenters. The molecule has 0 amide bonds. The molecule has 0 radical (unpaired) electrons. The highest BCUT2D eigenvalue weighted by Gasteiger charge is 2.26. The van der Waals surface area contributed by atoms with Gasteiger partial charge in [0.05, 0.1) is 0 Å². The van der Waals surface area contributed by atoms with Crippen molar-refractivity contribution in [1.29, 1.82) is 0 Å². The molecule has 20 heavy (non-hydrogen) atoms. The third-order valence-corrected chi connectivity index (χ3v) is 4.68. The lowest BCUT2D eigenvalue weighted by Crippen LogP contribution is -2.28. The molecule has 2 heteroatoms. The van der Waals surface area contributed by atoms with E-state index in [9.17, 15) is 0 Å². The molecule has 1 fully saturated rings. The number of nitrogens with one attached hydrogen (secondary N) is 1. The van der Waals surface area contributed by atoms with Gasteiger partial charge in [-0.1, -0.05) is 34.6 Å². The summed E-state index contributed by atoms with van der Waals surface area (Å²) in [5.74, 6) is 1.69. The molecule has 1 unspecified atom stereocenters. The van der Waals surface area contributed by atoms with Crippen LogP contribution in [-0.4, -0.2) is 37.6 Å². The molecule has 1 N–H and O–H groups in total. The van der Waals surface area contributed by atoms with Gasteiger partial charge in [-0.05, 0) is 82.1 Å². The average Bonchev–Trinajstić information content (AvgIpc) is 2.58. The van der Waals surface area contributed by atoms with E-state index in [1.165, 1.54) is 58.3 Å². The van der Waals surface area contributed by atoms with Gasteiger partial charge < -0.3 is 10.2 Å². The summed E-state index contributed by atoms with van der Waals surface area (Å²) in [6.07, 6.45) is 6.90. The van der Waals surface area contributed by atoms with Gasteiger partial charge in [0, 0.05) is 0 Å². The van der Waals surface area contributed by atoms with Gasteiger partial charge in [0.25, 0.3) is 0 Å². The fraction of sp³-hybridized carbons (Fsp3) is 1.00. The maximum absolute atomic E-state index is 3.54. The Hall–Kier alpha value is -0.0800. The number of nitrogens with zero attached hydrogens (tertiary/aromatic N) is 1. The quantitative estimate of drug-likeness (QED) is 0.705. The van der Waals surface area contributed by atoms with Crippen LogP contribution < -0.4 is 5.32 Å². The molecule has 0 aromatic rings. The second-order valence-electron chi connectivity index (χ2n) is 8.14. The number of hydrogen-bond donors (Lipinski definition) is 1. The third-order valence-electron chi connectivity index (χ3n) is 4.68. The maximum atomic E-state index is 3.54. The van der Waals surface area contributed by atoms with Gasteiger partial charge in [-0.2, -0.15) is 0 Å². The maximum Gasteiger partial charge on any atom is -0.00159 e. The van der Waals surface area contributed by atoms with E-state index in [0.29, 0.717) is 5.41 Å². The van der Waals surface area contributed by atoms with Crippen LogP contribution in [0.5, 0.6) is 0 Å². The Labute approximate surface area is 127 Å². The van der Waals surface area contributed by atoms with Crippen molar-refractivity contribution in [3.8, 4) is 0 Å². The van der Waals surface area contributed by atoms with E-state index in [4.69, 9.17) is 0 Å². The standard InChI is InChI=1S/C18H38N2/c1-16(2)15-19-11-6-7-12-20-13-8-9-17(10-14-20)18(3,4)5/h16-17,19H,6-15H2,1-5H3. The highest BCUT2D eigenvalue weighted by Crippen LogP contribution is 2.34. The summed E-state index contributed by atoms with van der Waals surface area (Å²) >= 11 is 0. The first-order valence-electron chi connectivity index (χ1n) is 8.82. The van der Waals surface area contributed by atoms with Crippen molar-refractivity contribution in [2.75, 3.05) is 32.7 Å². The molecule has 0 saturated carbocycles. The Balaban J connectivity index is 2.10. The highest BCUT2D eigenvalue weighted by molar-refractivity contribution is 4.78. The predicted molar refractivity (Wildman–Crippen MR) is 90.2 cm³/mol. The topological polar surface area (TPSA) is 15.3 Å². The van der Waals surface area contributed by atoms with Crippen LogP contribution >= 0.6 is 0 Å².